The highest BCUT2D eigenvalue weighted by molar-refractivity contribution is 7.89. The maximum atomic E-state index is 12.7. The first-order valence-electron chi connectivity index (χ1n) is 7.44. The van der Waals surface area contributed by atoms with Gasteiger partial charge in [0.15, 0.2) is 0 Å². The standard InChI is InChI=1S/C15H18N2O5S/c1-10(18)17-7-5-11-2-3-13(8-14(11)17)23(21,22)16-6-4-12(9-16)15(19)20/h2-3,8,12H,4-7,9H2,1H3,(H,19,20)/t12-/m0/s1. The molecule has 2 heterocycles. The molecule has 1 aromatic carbocycles. The minimum atomic E-state index is -3.74. The summed E-state index contributed by atoms with van der Waals surface area (Å²) in [6.45, 7) is 2.20. The quantitative estimate of drug-likeness (QED) is 0.875. The van der Waals surface area contributed by atoms with Gasteiger partial charge in [-0.2, -0.15) is 4.31 Å². The number of amides is 1. The average molecular weight is 338 g/mol. The third kappa shape index (κ3) is 2.72. The molecule has 3 rings (SSSR count). The third-order valence-corrected chi connectivity index (χ3v) is 6.33. The van der Waals surface area contributed by atoms with E-state index in [1.165, 1.54) is 23.4 Å². The van der Waals surface area contributed by atoms with Gasteiger partial charge in [-0.1, -0.05) is 6.07 Å². The number of carbonyl (C=O) groups excluding carboxylic acids is 1. The van der Waals surface area contributed by atoms with Crippen molar-refractivity contribution < 1.29 is 23.1 Å². The Kier molecular flexibility index (Phi) is 3.89. The van der Waals surface area contributed by atoms with Crippen LogP contribution >= 0.6 is 0 Å². The van der Waals surface area contributed by atoms with E-state index in [9.17, 15) is 18.0 Å². The van der Waals surface area contributed by atoms with Crippen LogP contribution in [0.1, 0.15) is 18.9 Å². The van der Waals surface area contributed by atoms with Crippen LogP contribution in [0.5, 0.6) is 0 Å². The van der Waals surface area contributed by atoms with Gasteiger partial charge in [-0.3, -0.25) is 9.59 Å². The lowest BCUT2D eigenvalue weighted by Gasteiger charge is -2.19. The van der Waals surface area contributed by atoms with Crippen LogP contribution in [0.2, 0.25) is 0 Å². The molecule has 1 atom stereocenters. The van der Waals surface area contributed by atoms with E-state index in [1.54, 1.807) is 11.0 Å². The average Bonchev–Trinajstić information content (AvgIpc) is 3.13. The molecular weight excluding hydrogens is 320 g/mol. The van der Waals surface area contributed by atoms with Crippen LogP contribution in [0, 0.1) is 5.92 Å². The number of sulfonamides is 1. The zero-order chi connectivity index (χ0) is 16.8. The molecule has 0 radical (unpaired) electrons. The van der Waals surface area contributed by atoms with Crippen LogP contribution in [0.25, 0.3) is 0 Å². The predicted octanol–water partition coefficient (Wildman–Crippen LogP) is 0.691. The molecule has 0 unspecified atom stereocenters. The van der Waals surface area contributed by atoms with Crippen LogP contribution in [0.4, 0.5) is 5.69 Å². The SMILES string of the molecule is CC(=O)N1CCc2ccc(S(=O)(=O)N3CC[C@H](C(=O)O)C3)cc21. The van der Waals surface area contributed by atoms with Crippen molar-refractivity contribution in [3.8, 4) is 0 Å². The van der Waals surface area contributed by atoms with Crippen LogP contribution < -0.4 is 4.90 Å². The molecule has 1 amide bonds. The first-order valence-corrected chi connectivity index (χ1v) is 8.88. The molecule has 8 heteroatoms. The summed E-state index contributed by atoms with van der Waals surface area (Å²) in [6.07, 6.45) is 1.03. The van der Waals surface area contributed by atoms with Crippen molar-refractivity contribution >= 4 is 27.6 Å². The molecule has 0 aromatic heterocycles. The Bertz CT molecular complexity index is 774. The van der Waals surface area contributed by atoms with Gasteiger partial charge in [0.05, 0.1) is 10.8 Å². The first kappa shape index (κ1) is 15.9. The molecule has 0 saturated carbocycles. The minimum Gasteiger partial charge on any atom is -0.481 e. The Hall–Kier alpha value is -1.93. The zero-order valence-electron chi connectivity index (χ0n) is 12.7. The summed E-state index contributed by atoms with van der Waals surface area (Å²) in [5.74, 6) is -1.75. The Morgan fingerprint density at radius 3 is 2.61 bits per heavy atom. The second kappa shape index (κ2) is 5.61. The number of carbonyl (C=O) groups is 2. The number of fused-ring (bicyclic) bond motifs is 1. The first-order chi connectivity index (χ1) is 10.8. The van der Waals surface area contributed by atoms with E-state index in [0.717, 1.165) is 5.56 Å². The van der Waals surface area contributed by atoms with E-state index in [-0.39, 0.29) is 23.9 Å². The van der Waals surface area contributed by atoms with E-state index >= 15 is 0 Å². The van der Waals surface area contributed by atoms with Gasteiger partial charge in [-0.05, 0) is 30.5 Å². The Labute approximate surface area is 134 Å². The fraction of sp³-hybridized carbons (Fsp3) is 0.467. The van der Waals surface area contributed by atoms with Crippen LogP contribution in [0.3, 0.4) is 0 Å². The van der Waals surface area contributed by atoms with Crippen molar-refractivity contribution in [1.82, 2.24) is 4.31 Å². The number of hydrogen-bond acceptors (Lipinski definition) is 4. The Morgan fingerprint density at radius 1 is 1.26 bits per heavy atom. The number of carboxylic acids is 1. The van der Waals surface area contributed by atoms with Crippen molar-refractivity contribution in [2.75, 3.05) is 24.5 Å². The summed E-state index contributed by atoms with van der Waals surface area (Å²) >= 11 is 0. The molecular formula is C15H18N2O5S. The minimum absolute atomic E-state index is 0.00876. The summed E-state index contributed by atoms with van der Waals surface area (Å²) < 4.78 is 26.6. The number of anilines is 1. The topological polar surface area (TPSA) is 95.0 Å². The molecule has 7 nitrogen and oxygen atoms in total. The lowest BCUT2D eigenvalue weighted by Crippen LogP contribution is -2.30. The molecule has 2 aliphatic rings. The van der Waals surface area contributed by atoms with E-state index in [0.29, 0.717) is 25.1 Å². The van der Waals surface area contributed by atoms with Crippen molar-refractivity contribution in [2.24, 2.45) is 5.92 Å². The van der Waals surface area contributed by atoms with Gasteiger partial charge >= 0.3 is 5.97 Å². The number of aliphatic carboxylic acids is 1. The molecule has 0 spiro atoms. The number of rotatable bonds is 3. The van der Waals surface area contributed by atoms with Gasteiger partial charge in [-0.15, -0.1) is 0 Å². The van der Waals surface area contributed by atoms with Crippen molar-refractivity contribution in [2.45, 2.75) is 24.7 Å². The molecule has 1 fully saturated rings. The van der Waals surface area contributed by atoms with E-state index in [4.69, 9.17) is 5.11 Å². The van der Waals surface area contributed by atoms with Crippen LogP contribution in [0.15, 0.2) is 23.1 Å². The van der Waals surface area contributed by atoms with Crippen LogP contribution in [-0.4, -0.2) is 49.3 Å². The van der Waals surface area contributed by atoms with Crippen molar-refractivity contribution in [3.63, 3.8) is 0 Å². The van der Waals surface area contributed by atoms with Gasteiger partial charge < -0.3 is 10.0 Å². The van der Waals surface area contributed by atoms with Crippen molar-refractivity contribution in [1.29, 1.82) is 0 Å². The molecule has 1 N–H and O–H groups in total. The summed E-state index contributed by atoms with van der Waals surface area (Å²) in [6, 6.07) is 4.79. The Balaban J connectivity index is 1.92. The van der Waals surface area contributed by atoms with E-state index in [2.05, 4.69) is 0 Å². The highest BCUT2D eigenvalue weighted by Gasteiger charge is 2.36. The molecule has 124 valence electrons. The largest absolute Gasteiger partial charge is 0.481 e. The lowest BCUT2D eigenvalue weighted by atomic mass is 10.1. The second-order valence-corrected chi connectivity index (χ2v) is 7.84. The highest BCUT2D eigenvalue weighted by Crippen LogP contribution is 2.32. The van der Waals surface area contributed by atoms with Crippen LogP contribution in [-0.2, 0) is 26.0 Å². The summed E-state index contributed by atoms with van der Waals surface area (Å²) in [5.41, 5.74) is 1.58. The second-order valence-electron chi connectivity index (χ2n) is 5.90. The van der Waals surface area contributed by atoms with Crippen molar-refractivity contribution in [3.05, 3.63) is 23.8 Å². The number of hydrogen-bond donors (Lipinski definition) is 1. The van der Waals surface area contributed by atoms with E-state index < -0.39 is 21.9 Å². The molecule has 0 aliphatic carbocycles. The van der Waals surface area contributed by atoms with Gasteiger partial charge in [0.25, 0.3) is 0 Å². The van der Waals surface area contributed by atoms with Gasteiger partial charge in [0.1, 0.15) is 0 Å². The van der Waals surface area contributed by atoms with Gasteiger partial charge in [-0.25, -0.2) is 8.42 Å². The van der Waals surface area contributed by atoms with Gasteiger partial charge in [0, 0.05) is 32.2 Å². The summed E-state index contributed by atoms with van der Waals surface area (Å²) in [5, 5.41) is 9.02. The smallest absolute Gasteiger partial charge is 0.307 e. The number of nitrogens with zero attached hydrogens (tertiary/aromatic N) is 2. The maximum absolute atomic E-state index is 12.7. The molecule has 2 aliphatic heterocycles. The number of benzene rings is 1. The van der Waals surface area contributed by atoms with E-state index in [1.807, 2.05) is 0 Å². The third-order valence-electron chi connectivity index (χ3n) is 4.47. The maximum Gasteiger partial charge on any atom is 0.307 e. The normalized spacial score (nSPS) is 21.4. The predicted molar refractivity (Wildman–Crippen MR) is 82.7 cm³/mol. The lowest BCUT2D eigenvalue weighted by molar-refractivity contribution is -0.141. The number of carboxylic acid groups (broad SMARTS) is 1. The van der Waals surface area contributed by atoms with Gasteiger partial charge in [0.2, 0.25) is 15.9 Å². The molecule has 23 heavy (non-hydrogen) atoms. The summed E-state index contributed by atoms with van der Waals surface area (Å²) in [7, 11) is -3.74. The fourth-order valence-electron chi connectivity index (χ4n) is 3.14. The molecule has 1 saturated heterocycles. The molecule has 0 bridgehead atoms. The molecule has 1 aromatic rings. The Morgan fingerprint density at radius 2 is 2.00 bits per heavy atom. The highest BCUT2D eigenvalue weighted by atomic mass is 32.2. The fourth-order valence-corrected chi connectivity index (χ4v) is 4.66. The zero-order valence-corrected chi connectivity index (χ0v) is 13.5. The summed E-state index contributed by atoms with van der Waals surface area (Å²) in [4.78, 5) is 24.3. The monoisotopic (exact) mass is 338 g/mol.